The first kappa shape index (κ1) is 28.2. The Balaban J connectivity index is 1.32. The molecule has 7 rings (SSSR count). The average Bonchev–Trinajstić information content (AvgIpc) is 3.04. The minimum absolute atomic E-state index is 0.103. The Morgan fingerprint density at radius 2 is 0.500 bits per heavy atom. The number of ether oxygens (including phenoxy) is 4. The minimum atomic E-state index is -0.373. The van der Waals surface area contributed by atoms with E-state index in [1.54, 1.807) is 28.4 Å². The van der Waals surface area contributed by atoms with Gasteiger partial charge in [-0.3, -0.25) is 9.59 Å². The lowest BCUT2D eigenvalue weighted by atomic mass is 9.37. The van der Waals surface area contributed by atoms with Gasteiger partial charge >= 0.3 is 0 Å². The molecule has 6 heteroatoms. The Morgan fingerprint density at radius 3 is 0.659 bits per heavy atom. The minimum Gasteiger partial charge on any atom is -0.497 e. The SMILES string of the molecule is COc1ccc(C2C3C(=O)C4C(C(=O)C3C2c2ccc(OC)cc2)C(c2ccc(OC)cc2)C4c2ccc(OC)cc2)cc1. The van der Waals surface area contributed by atoms with Gasteiger partial charge in [-0.05, 0) is 70.8 Å². The molecule has 4 aromatic rings. The monoisotopic (exact) mass is 588 g/mol. The summed E-state index contributed by atoms with van der Waals surface area (Å²) in [6.07, 6.45) is 0. The number of methoxy groups -OCH3 is 4. The standard InChI is InChI=1S/C38H36O6/c1-41-25-13-5-21(6-14-25)29-30(22-7-15-26(42-2)16-8-22)34-33(29)37(39)35-31(23-9-17-27(43-3)18-10-23)32(36(35)38(34)40)24-11-19-28(44-4)20-12-24/h5-20,29-36H,1-4H3. The lowest BCUT2D eigenvalue weighted by Gasteiger charge is -2.63. The molecule has 0 N–H and O–H groups in total. The van der Waals surface area contributed by atoms with Crippen LogP contribution >= 0.6 is 0 Å². The van der Waals surface area contributed by atoms with Crippen LogP contribution in [0.1, 0.15) is 45.9 Å². The maximum atomic E-state index is 14.7. The molecule has 0 heterocycles. The van der Waals surface area contributed by atoms with Crippen molar-refractivity contribution in [2.45, 2.75) is 23.7 Å². The number of benzene rings is 4. The molecule has 6 nitrogen and oxygen atoms in total. The van der Waals surface area contributed by atoms with Crippen molar-refractivity contribution in [3.63, 3.8) is 0 Å². The lowest BCUT2D eigenvalue weighted by Crippen LogP contribution is -2.66. The van der Waals surface area contributed by atoms with Crippen LogP contribution < -0.4 is 18.9 Å². The molecule has 0 amide bonds. The second-order valence-electron chi connectivity index (χ2n) is 12.1. The number of Topliss-reactive ketones (excluding diaryl/α,β-unsaturated/α-hetero) is 2. The molecule has 8 unspecified atom stereocenters. The Kier molecular flexibility index (Phi) is 7.16. The summed E-state index contributed by atoms with van der Waals surface area (Å²) in [5.41, 5.74) is 4.22. The summed E-state index contributed by atoms with van der Waals surface area (Å²) in [6, 6.07) is 31.9. The number of rotatable bonds is 8. The highest BCUT2D eigenvalue weighted by Crippen LogP contribution is 2.70. The van der Waals surface area contributed by atoms with Gasteiger partial charge in [0.1, 0.15) is 34.6 Å². The fraction of sp³-hybridized carbons (Fsp3) is 0.316. The van der Waals surface area contributed by atoms with Crippen molar-refractivity contribution in [3.8, 4) is 23.0 Å². The van der Waals surface area contributed by atoms with Crippen LogP contribution in [0, 0.1) is 23.7 Å². The van der Waals surface area contributed by atoms with E-state index < -0.39 is 0 Å². The largest absolute Gasteiger partial charge is 0.497 e. The van der Waals surface area contributed by atoms with Crippen LogP contribution in [0.2, 0.25) is 0 Å². The molecule has 3 fully saturated rings. The molecule has 3 aliphatic rings. The molecule has 0 aromatic heterocycles. The van der Waals surface area contributed by atoms with Gasteiger partial charge in [0.2, 0.25) is 0 Å². The van der Waals surface area contributed by atoms with Gasteiger partial charge in [0.15, 0.2) is 0 Å². The summed E-state index contributed by atoms with van der Waals surface area (Å²) in [5, 5.41) is 0. The fourth-order valence-corrected chi connectivity index (χ4v) is 8.32. The number of hydrogen-bond donors (Lipinski definition) is 0. The van der Waals surface area contributed by atoms with Gasteiger partial charge in [-0.15, -0.1) is 0 Å². The molecule has 0 bridgehead atoms. The highest BCUT2D eigenvalue weighted by molar-refractivity contribution is 6.05. The van der Waals surface area contributed by atoms with E-state index in [-0.39, 0.29) is 58.9 Å². The van der Waals surface area contributed by atoms with E-state index in [9.17, 15) is 9.59 Å². The van der Waals surface area contributed by atoms with Crippen LogP contribution in [0.25, 0.3) is 0 Å². The van der Waals surface area contributed by atoms with Gasteiger partial charge < -0.3 is 18.9 Å². The highest BCUT2D eigenvalue weighted by atomic mass is 16.5. The van der Waals surface area contributed by atoms with Gasteiger partial charge in [0, 0.05) is 47.3 Å². The fourth-order valence-electron chi connectivity index (χ4n) is 8.32. The molecular formula is C38H36O6. The molecule has 8 atom stereocenters. The number of ketones is 2. The maximum Gasteiger partial charge on any atom is 0.141 e. The molecule has 0 saturated heterocycles. The molecule has 3 aliphatic carbocycles. The number of carbonyl (C=O) groups is 2. The normalized spacial score (nSPS) is 28.5. The maximum absolute atomic E-state index is 14.7. The van der Waals surface area contributed by atoms with Crippen LogP contribution in [0.3, 0.4) is 0 Å². The smallest absolute Gasteiger partial charge is 0.141 e. The van der Waals surface area contributed by atoms with Gasteiger partial charge in [0.05, 0.1) is 28.4 Å². The van der Waals surface area contributed by atoms with Crippen LogP contribution in [0.15, 0.2) is 97.1 Å². The van der Waals surface area contributed by atoms with E-state index in [2.05, 4.69) is 0 Å². The Morgan fingerprint density at radius 1 is 0.318 bits per heavy atom. The van der Waals surface area contributed by atoms with Crippen LogP contribution in [0.5, 0.6) is 23.0 Å². The van der Waals surface area contributed by atoms with Gasteiger partial charge in [-0.25, -0.2) is 0 Å². The van der Waals surface area contributed by atoms with Crippen LogP contribution in [-0.4, -0.2) is 40.0 Å². The molecule has 3 saturated carbocycles. The molecule has 4 aromatic carbocycles. The quantitative estimate of drug-likeness (QED) is 0.226. The van der Waals surface area contributed by atoms with Crippen molar-refractivity contribution in [1.82, 2.24) is 0 Å². The van der Waals surface area contributed by atoms with Crippen LogP contribution in [0.4, 0.5) is 0 Å². The molecule has 0 spiro atoms. The van der Waals surface area contributed by atoms with E-state index in [4.69, 9.17) is 18.9 Å². The Hall–Kier alpha value is -4.58. The third kappa shape index (κ3) is 4.30. The first-order valence-corrected chi connectivity index (χ1v) is 15.1. The first-order chi connectivity index (χ1) is 21.5. The predicted octanol–water partition coefficient (Wildman–Crippen LogP) is 6.80. The third-order valence-corrected chi connectivity index (χ3v) is 10.4. The second-order valence-corrected chi connectivity index (χ2v) is 12.1. The van der Waals surface area contributed by atoms with Gasteiger partial charge in [-0.2, -0.15) is 0 Å². The summed E-state index contributed by atoms with van der Waals surface area (Å²) in [7, 11) is 6.58. The molecule has 0 aliphatic heterocycles. The summed E-state index contributed by atoms with van der Waals surface area (Å²) in [5.74, 6) is 1.55. The van der Waals surface area contributed by atoms with E-state index in [0.29, 0.717) is 0 Å². The Bertz CT molecular complexity index is 1410. The van der Waals surface area contributed by atoms with E-state index >= 15 is 0 Å². The third-order valence-electron chi connectivity index (χ3n) is 10.4. The Labute approximate surface area is 257 Å². The summed E-state index contributed by atoms with van der Waals surface area (Å²) in [6.45, 7) is 0. The zero-order valence-corrected chi connectivity index (χ0v) is 25.3. The molecule has 224 valence electrons. The molecule has 44 heavy (non-hydrogen) atoms. The van der Waals surface area contributed by atoms with Crippen molar-refractivity contribution in [2.75, 3.05) is 28.4 Å². The molecule has 0 radical (unpaired) electrons. The number of carbonyl (C=O) groups excluding carboxylic acids is 2. The summed E-state index contributed by atoms with van der Waals surface area (Å²) < 4.78 is 21.7. The van der Waals surface area contributed by atoms with E-state index in [1.165, 1.54) is 0 Å². The zero-order valence-electron chi connectivity index (χ0n) is 25.3. The topological polar surface area (TPSA) is 71.1 Å². The van der Waals surface area contributed by atoms with E-state index in [1.807, 2.05) is 97.1 Å². The van der Waals surface area contributed by atoms with Gasteiger partial charge in [-0.1, -0.05) is 48.5 Å². The van der Waals surface area contributed by atoms with Gasteiger partial charge in [0.25, 0.3) is 0 Å². The number of fused-ring (bicyclic) bond motifs is 2. The summed E-state index contributed by atoms with van der Waals surface area (Å²) >= 11 is 0. The van der Waals surface area contributed by atoms with Crippen molar-refractivity contribution >= 4 is 11.6 Å². The second kappa shape index (κ2) is 11.2. The summed E-state index contributed by atoms with van der Waals surface area (Å²) in [4.78, 5) is 29.4. The average molecular weight is 589 g/mol. The highest BCUT2D eigenvalue weighted by Gasteiger charge is 2.70. The predicted molar refractivity (Wildman–Crippen MR) is 167 cm³/mol. The van der Waals surface area contributed by atoms with E-state index in [0.717, 1.165) is 45.3 Å². The van der Waals surface area contributed by atoms with Crippen molar-refractivity contribution in [2.24, 2.45) is 23.7 Å². The molecular weight excluding hydrogens is 552 g/mol. The van der Waals surface area contributed by atoms with Crippen molar-refractivity contribution < 1.29 is 28.5 Å². The number of hydrogen-bond acceptors (Lipinski definition) is 6. The first-order valence-electron chi connectivity index (χ1n) is 15.1. The van der Waals surface area contributed by atoms with Crippen molar-refractivity contribution in [1.29, 1.82) is 0 Å². The van der Waals surface area contributed by atoms with Crippen LogP contribution in [-0.2, 0) is 9.59 Å². The van der Waals surface area contributed by atoms with Crippen molar-refractivity contribution in [3.05, 3.63) is 119 Å². The lowest BCUT2D eigenvalue weighted by molar-refractivity contribution is -0.168. The zero-order chi connectivity index (χ0) is 30.5.